The van der Waals surface area contributed by atoms with Crippen molar-refractivity contribution >= 4 is 17.5 Å². The third-order valence-corrected chi connectivity index (χ3v) is 3.32. The fourth-order valence-electron chi connectivity index (χ4n) is 1.85. The first kappa shape index (κ1) is 16.0. The number of halogens is 1. The lowest BCUT2D eigenvalue weighted by molar-refractivity contribution is -0.122. The number of rotatable bonds is 3. The van der Waals surface area contributed by atoms with E-state index >= 15 is 0 Å². The molecule has 1 unspecified atom stereocenters. The largest absolute Gasteiger partial charge is 0.356 e. The highest BCUT2D eigenvalue weighted by Crippen LogP contribution is 2.15. The Bertz CT molecular complexity index is 699. The van der Waals surface area contributed by atoms with Crippen LogP contribution in [-0.2, 0) is 4.79 Å². The Kier molecular flexibility index (Phi) is 5.51. The topological polar surface area (TPSA) is 54.9 Å². The maximum Gasteiger partial charge on any atom is 0.227 e. The Labute approximate surface area is 134 Å². The molecule has 1 atom stereocenters. The predicted octanol–water partition coefficient (Wildman–Crippen LogP) is 2.77. The summed E-state index contributed by atoms with van der Waals surface area (Å²) in [5.41, 5.74) is 2.53. The molecule has 4 nitrogen and oxygen atoms in total. The van der Waals surface area contributed by atoms with Crippen molar-refractivity contribution in [1.29, 1.82) is 0 Å². The second kappa shape index (κ2) is 7.58. The summed E-state index contributed by atoms with van der Waals surface area (Å²) < 4.78 is 0. The van der Waals surface area contributed by atoms with Crippen LogP contribution in [0.2, 0.25) is 5.28 Å². The Hall–Kier alpha value is -2.38. The van der Waals surface area contributed by atoms with E-state index in [1.54, 1.807) is 12.4 Å². The van der Waals surface area contributed by atoms with Crippen LogP contribution in [0.3, 0.4) is 0 Å². The molecule has 1 N–H and O–H groups in total. The molecule has 22 heavy (non-hydrogen) atoms. The molecule has 2 aromatic rings. The van der Waals surface area contributed by atoms with Crippen LogP contribution in [-0.4, -0.2) is 22.4 Å². The SMILES string of the molecule is CCNC(=O)C(C)c1ccc(C#Cc2cnc(Cl)nc2)cc1. The number of hydrogen-bond donors (Lipinski definition) is 1. The highest BCUT2D eigenvalue weighted by Gasteiger charge is 2.13. The lowest BCUT2D eigenvalue weighted by Crippen LogP contribution is -2.27. The molecule has 0 radical (unpaired) electrons. The average molecular weight is 314 g/mol. The Morgan fingerprint density at radius 1 is 1.18 bits per heavy atom. The van der Waals surface area contributed by atoms with E-state index in [0.29, 0.717) is 12.1 Å². The van der Waals surface area contributed by atoms with Crippen LogP contribution in [0.4, 0.5) is 0 Å². The van der Waals surface area contributed by atoms with Crippen molar-refractivity contribution in [2.45, 2.75) is 19.8 Å². The number of nitrogens with one attached hydrogen (secondary N) is 1. The van der Waals surface area contributed by atoms with Crippen LogP contribution in [0.25, 0.3) is 0 Å². The van der Waals surface area contributed by atoms with Gasteiger partial charge in [0.25, 0.3) is 0 Å². The maximum absolute atomic E-state index is 11.8. The fourth-order valence-corrected chi connectivity index (χ4v) is 1.95. The van der Waals surface area contributed by atoms with Crippen LogP contribution in [0.1, 0.15) is 36.5 Å². The van der Waals surface area contributed by atoms with E-state index in [4.69, 9.17) is 11.6 Å². The van der Waals surface area contributed by atoms with Gasteiger partial charge in [0.15, 0.2) is 0 Å². The van der Waals surface area contributed by atoms with Gasteiger partial charge in [0.2, 0.25) is 11.2 Å². The molecule has 0 bridgehead atoms. The van der Waals surface area contributed by atoms with E-state index in [1.165, 1.54) is 0 Å². The first-order chi connectivity index (χ1) is 10.6. The second-order valence-corrected chi connectivity index (χ2v) is 5.07. The minimum Gasteiger partial charge on any atom is -0.356 e. The summed E-state index contributed by atoms with van der Waals surface area (Å²) in [7, 11) is 0. The van der Waals surface area contributed by atoms with E-state index in [9.17, 15) is 4.79 Å². The van der Waals surface area contributed by atoms with Crippen LogP contribution >= 0.6 is 11.6 Å². The van der Waals surface area contributed by atoms with Crippen LogP contribution < -0.4 is 5.32 Å². The number of likely N-dealkylation sites (N-methyl/N-ethyl adjacent to an activating group) is 1. The van der Waals surface area contributed by atoms with Gasteiger partial charge in [-0.2, -0.15) is 0 Å². The zero-order valence-corrected chi connectivity index (χ0v) is 13.2. The molecule has 0 spiro atoms. The standard InChI is InChI=1S/C17H16ClN3O/c1-3-19-16(22)12(2)15-8-6-13(7-9-15)4-5-14-10-20-17(18)21-11-14/h6-12H,3H2,1-2H3,(H,19,22). The van der Waals surface area contributed by atoms with Gasteiger partial charge in [-0.05, 0) is 43.1 Å². The van der Waals surface area contributed by atoms with Crippen molar-refractivity contribution in [3.63, 3.8) is 0 Å². The smallest absolute Gasteiger partial charge is 0.227 e. The lowest BCUT2D eigenvalue weighted by atomic mass is 9.99. The third kappa shape index (κ3) is 4.31. The second-order valence-electron chi connectivity index (χ2n) is 4.73. The number of aromatic nitrogens is 2. The zero-order valence-electron chi connectivity index (χ0n) is 12.4. The first-order valence-corrected chi connectivity index (χ1v) is 7.35. The van der Waals surface area contributed by atoms with Gasteiger partial charge in [0, 0.05) is 24.5 Å². The lowest BCUT2D eigenvalue weighted by Gasteiger charge is -2.11. The summed E-state index contributed by atoms with van der Waals surface area (Å²) in [6, 6.07) is 7.63. The summed E-state index contributed by atoms with van der Waals surface area (Å²) >= 11 is 5.62. The normalized spacial score (nSPS) is 11.2. The first-order valence-electron chi connectivity index (χ1n) is 6.97. The summed E-state index contributed by atoms with van der Waals surface area (Å²) in [5.74, 6) is 5.85. The third-order valence-electron chi connectivity index (χ3n) is 3.13. The summed E-state index contributed by atoms with van der Waals surface area (Å²) in [5, 5.41) is 3.02. The van der Waals surface area contributed by atoms with Crippen molar-refractivity contribution in [2.75, 3.05) is 6.54 Å². The van der Waals surface area contributed by atoms with Crippen molar-refractivity contribution in [3.05, 3.63) is 58.6 Å². The molecule has 0 aliphatic heterocycles. The van der Waals surface area contributed by atoms with Crippen molar-refractivity contribution < 1.29 is 4.79 Å². The highest BCUT2D eigenvalue weighted by molar-refractivity contribution is 6.28. The van der Waals surface area contributed by atoms with Crippen LogP contribution in [0, 0.1) is 11.8 Å². The molecule has 0 saturated heterocycles. The van der Waals surface area contributed by atoms with E-state index in [2.05, 4.69) is 27.1 Å². The summed E-state index contributed by atoms with van der Waals surface area (Å²) in [6.07, 6.45) is 3.15. The van der Waals surface area contributed by atoms with Gasteiger partial charge in [-0.3, -0.25) is 4.79 Å². The van der Waals surface area contributed by atoms with E-state index in [0.717, 1.165) is 11.1 Å². The molecular weight excluding hydrogens is 298 g/mol. The van der Waals surface area contributed by atoms with E-state index < -0.39 is 0 Å². The number of nitrogens with zero attached hydrogens (tertiary/aromatic N) is 2. The maximum atomic E-state index is 11.8. The van der Waals surface area contributed by atoms with Crippen LogP contribution in [0.15, 0.2) is 36.7 Å². The molecule has 1 amide bonds. The quantitative estimate of drug-likeness (QED) is 0.700. The van der Waals surface area contributed by atoms with E-state index in [-0.39, 0.29) is 17.1 Å². The number of amides is 1. The Morgan fingerprint density at radius 3 is 2.36 bits per heavy atom. The summed E-state index contributed by atoms with van der Waals surface area (Å²) in [4.78, 5) is 19.5. The molecule has 5 heteroatoms. The Balaban J connectivity index is 2.09. The Morgan fingerprint density at radius 2 is 1.77 bits per heavy atom. The number of benzene rings is 1. The zero-order chi connectivity index (χ0) is 15.9. The van der Waals surface area contributed by atoms with Crippen LogP contribution in [0.5, 0.6) is 0 Å². The van der Waals surface area contributed by atoms with Gasteiger partial charge in [-0.15, -0.1) is 0 Å². The predicted molar refractivity (Wildman–Crippen MR) is 86.6 cm³/mol. The van der Waals surface area contributed by atoms with Crippen molar-refractivity contribution in [3.8, 4) is 11.8 Å². The van der Waals surface area contributed by atoms with Gasteiger partial charge >= 0.3 is 0 Å². The number of hydrogen-bond acceptors (Lipinski definition) is 3. The molecule has 112 valence electrons. The average Bonchev–Trinajstić information content (AvgIpc) is 2.54. The van der Waals surface area contributed by atoms with E-state index in [1.807, 2.05) is 38.1 Å². The highest BCUT2D eigenvalue weighted by atomic mass is 35.5. The molecule has 1 heterocycles. The molecule has 0 saturated carbocycles. The molecule has 1 aromatic carbocycles. The van der Waals surface area contributed by atoms with Crippen molar-refractivity contribution in [1.82, 2.24) is 15.3 Å². The summed E-state index contributed by atoms with van der Waals surface area (Å²) in [6.45, 7) is 4.43. The number of carbonyl (C=O) groups excluding carboxylic acids is 1. The number of carbonyl (C=O) groups is 1. The van der Waals surface area contributed by atoms with Crippen molar-refractivity contribution in [2.24, 2.45) is 0 Å². The molecule has 1 aromatic heterocycles. The molecule has 0 aliphatic carbocycles. The monoisotopic (exact) mass is 313 g/mol. The molecule has 0 fully saturated rings. The van der Waals surface area contributed by atoms with Gasteiger partial charge in [0.05, 0.1) is 11.5 Å². The minimum absolute atomic E-state index is 0.0275. The molecule has 2 rings (SSSR count). The fraction of sp³-hybridized carbons (Fsp3) is 0.235. The molecular formula is C17H16ClN3O. The van der Waals surface area contributed by atoms with Gasteiger partial charge in [-0.1, -0.05) is 24.0 Å². The molecule has 0 aliphatic rings. The van der Waals surface area contributed by atoms with Gasteiger partial charge in [0.1, 0.15) is 0 Å². The van der Waals surface area contributed by atoms with Gasteiger partial charge in [-0.25, -0.2) is 9.97 Å². The van der Waals surface area contributed by atoms with Gasteiger partial charge < -0.3 is 5.32 Å². The minimum atomic E-state index is -0.174.